The molecule has 178 valence electrons. The number of benzene rings is 5. The van der Waals surface area contributed by atoms with Gasteiger partial charge in [0.1, 0.15) is 0 Å². The highest BCUT2D eigenvalue weighted by Crippen LogP contribution is 2.52. The average molecular weight is 505 g/mol. The SMILES string of the molecule is [C-]#[N+]c1ccc2c(c1)c1c3c4cc([N+]#[C-])ccc4n4c5ccc(C#N)cc5c(c5c6cc(C#N)ccc6n2c51)c34. The Balaban J connectivity index is 1.76. The third kappa shape index (κ3) is 2.15. The molecule has 0 atom stereocenters. The van der Waals surface area contributed by atoms with E-state index in [1.54, 1.807) is 0 Å². The van der Waals surface area contributed by atoms with E-state index < -0.39 is 0 Å². The van der Waals surface area contributed by atoms with Gasteiger partial charge in [-0.15, -0.1) is 0 Å². The third-order valence-corrected chi connectivity index (χ3v) is 8.41. The summed E-state index contributed by atoms with van der Waals surface area (Å²) >= 11 is 0. The van der Waals surface area contributed by atoms with Crippen molar-refractivity contribution in [1.82, 2.24) is 8.80 Å². The molecule has 0 aliphatic rings. The van der Waals surface area contributed by atoms with Crippen LogP contribution in [0.15, 0.2) is 72.8 Å². The summed E-state index contributed by atoms with van der Waals surface area (Å²) in [5, 5.41) is 27.6. The van der Waals surface area contributed by atoms with Gasteiger partial charge in [0.05, 0.1) is 69.5 Å². The van der Waals surface area contributed by atoms with Gasteiger partial charge in [-0.2, -0.15) is 10.5 Å². The van der Waals surface area contributed by atoms with E-state index in [1.165, 1.54) is 0 Å². The summed E-state index contributed by atoms with van der Waals surface area (Å²) in [6.45, 7) is 15.4. The van der Waals surface area contributed by atoms with Crippen LogP contribution in [-0.4, -0.2) is 8.80 Å². The lowest BCUT2D eigenvalue weighted by Crippen LogP contribution is -1.81. The van der Waals surface area contributed by atoms with Crippen molar-refractivity contribution >= 4 is 87.6 Å². The lowest BCUT2D eigenvalue weighted by atomic mass is 9.96. The Kier molecular flexibility index (Phi) is 3.49. The molecule has 0 radical (unpaired) electrons. The minimum absolute atomic E-state index is 0.563. The summed E-state index contributed by atoms with van der Waals surface area (Å²) in [7, 11) is 0. The minimum Gasteiger partial charge on any atom is -0.308 e. The van der Waals surface area contributed by atoms with E-state index in [0.29, 0.717) is 22.5 Å². The molecule has 0 saturated carbocycles. The first kappa shape index (κ1) is 20.7. The Labute approximate surface area is 225 Å². The molecule has 5 aromatic carbocycles. The van der Waals surface area contributed by atoms with E-state index in [1.807, 2.05) is 72.8 Å². The maximum absolute atomic E-state index is 9.79. The van der Waals surface area contributed by atoms with Crippen molar-refractivity contribution in [3.05, 3.63) is 107 Å². The Morgan fingerprint density at radius 3 is 1.20 bits per heavy atom. The van der Waals surface area contributed by atoms with Gasteiger partial charge in [-0.25, -0.2) is 9.69 Å². The number of rotatable bonds is 0. The molecule has 40 heavy (non-hydrogen) atoms. The summed E-state index contributed by atoms with van der Waals surface area (Å²) in [6, 6.07) is 27.8. The quantitative estimate of drug-likeness (QED) is 0.194. The minimum atomic E-state index is 0.563. The summed E-state index contributed by atoms with van der Waals surface area (Å²) < 4.78 is 4.49. The zero-order valence-corrected chi connectivity index (χ0v) is 20.6. The highest BCUT2D eigenvalue weighted by molar-refractivity contribution is 6.45. The lowest BCUT2D eigenvalue weighted by Gasteiger charge is -2.03. The molecule has 0 bridgehead atoms. The number of nitriles is 2. The molecular formula is C34H12N6. The second-order valence-electron chi connectivity index (χ2n) is 10.2. The Bertz CT molecular complexity index is 2420. The van der Waals surface area contributed by atoms with Crippen LogP contribution in [0, 0.1) is 35.8 Å². The fourth-order valence-electron chi connectivity index (χ4n) is 6.94. The van der Waals surface area contributed by atoms with Gasteiger partial charge >= 0.3 is 0 Å². The zero-order chi connectivity index (χ0) is 26.9. The molecule has 9 rings (SSSR count). The van der Waals surface area contributed by atoms with Gasteiger partial charge in [-0.1, -0.05) is 12.1 Å². The molecule has 0 unspecified atom stereocenters. The summed E-state index contributed by atoms with van der Waals surface area (Å²) in [5.74, 6) is 0. The van der Waals surface area contributed by atoms with E-state index in [4.69, 9.17) is 13.1 Å². The van der Waals surface area contributed by atoms with E-state index in [-0.39, 0.29) is 0 Å². The molecule has 0 fully saturated rings. The number of hydrogen-bond acceptors (Lipinski definition) is 2. The first-order valence-corrected chi connectivity index (χ1v) is 12.6. The van der Waals surface area contributed by atoms with Crippen LogP contribution < -0.4 is 0 Å². The second-order valence-corrected chi connectivity index (χ2v) is 10.2. The van der Waals surface area contributed by atoms with Crippen LogP contribution in [0.25, 0.3) is 85.9 Å². The molecular weight excluding hydrogens is 492 g/mol. The summed E-state index contributed by atoms with van der Waals surface area (Å²) in [5.41, 5.74) is 8.26. The van der Waals surface area contributed by atoms with Crippen LogP contribution in [0.1, 0.15) is 11.1 Å². The summed E-state index contributed by atoms with van der Waals surface area (Å²) in [6.07, 6.45) is 0. The third-order valence-electron chi connectivity index (χ3n) is 8.41. The average Bonchev–Trinajstić information content (AvgIpc) is 3.71. The van der Waals surface area contributed by atoms with Crippen molar-refractivity contribution in [2.45, 2.75) is 0 Å². The van der Waals surface area contributed by atoms with Crippen molar-refractivity contribution in [2.75, 3.05) is 0 Å². The fourth-order valence-corrected chi connectivity index (χ4v) is 6.94. The molecule has 4 heterocycles. The Hall–Kier alpha value is -6.34. The number of nitrogens with zero attached hydrogens (tertiary/aromatic N) is 6. The highest BCUT2D eigenvalue weighted by Gasteiger charge is 2.28. The van der Waals surface area contributed by atoms with Gasteiger partial charge in [0.25, 0.3) is 0 Å². The van der Waals surface area contributed by atoms with Gasteiger partial charge in [0.2, 0.25) is 0 Å². The zero-order valence-electron chi connectivity index (χ0n) is 20.6. The predicted octanol–water partition coefficient (Wildman–Crippen LogP) is 8.83. The Morgan fingerprint density at radius 1 is 0.500 bits per heavy atom. The number of hydrogen-bond donors (Lipinski definition) is 0. The largest absolute Gasteiger partial charge is 0.308 e. The van der Waals surface area contributed by atoms with Gasteiger partial charge < -0.3 is 8.80 Å². The second kappa shape index (κ2) is 6.75. The van der Waals surface area contributed by atoms with Crippen molar-refractivity contribution in [3.8, 4) is 12.1 Å². The molecule has 0 spiro atoms. The highest BCUT2D eigenvalue weighted by atomic mass is 14.9. The molecule has 6 heteroatoms. The first-order chi connectivity index (χ1) is 19.7. The van der Waals surface area contributed by atoms with Crippen molar-refractivity contribution in [1.29, 1.82) is 10.5 Å². The molecule has 0 aliphatic heterocycles. The van der Waals surface area contributed by atoms with Gasteiger partial charge in [-0.3, -0.25) is 0 Å². The van der Waals surface area contributed by atoms with Crippen molar-refractivity contribution in [2.24, 2.45) is 0 Å². The monoisotopic (exact) mass is 504 g/mol. The first-order valence-electron chi connectivity index (χ1n) is 12.6. The molecule has 0 N–H and O–H groups in total. The van der Waals surface area contributed by atoms with Gasteiger partial charge in [0.15, 0.2) is 11.4 Å². The maximum Gasteiger partial charge on any atom is 0.188 e. The van der Waals surface area contributed by atoms with E-state index in [2.05, 4.69) is 30.6 Å². The molecule has 0 amide bonds. The summed E-state index contributed by atoms with van der Waals surface area (Å²) in [4.78, 5) is 7.46. The normalized spacial score (nSPS) is 11.9. The van der Waals surface area contributed by atoms with E-state index >= 15 is 0 Å². The van der Waals surface area contributed by atoms with Crippen molar-refractivity contribution < 1.29 is 0 Å². The topological polar surface area (TPSA) is 65.1 Å². The van der Waals surface area contributed by atoms with E-state index in [9.17, 15) is 10.5 Å². The van der Waals surface area contributed by atoms with Crippen LogP contribution in [0.4, 0.5) is 11.4 Å². The smallest absolute Gasteiger partial charge is 0.188 e. The molecule has 0 aliphatic carbocycles. The fraction of sp³-hybridized carbons (Fsp3) is 0. The van der Waals surface area contributed by atoms with Gasteiger partial charge in [0, 0.05) is 32.3 Å². The molecule has 9 aromatic rings. The number of fused-ring (bicyclic) bond motifs is 14. The van der Waals surface area contributed by atoms with Crippen LogP contribution in [-0.2, 0) is 0 Å². The van der Waals surface area contributed by atoms with Crippen molar-refractivity contribution in [3.63, 3.8) is 0 Å². The number of aromatic nitrogens is 2. The predicted molar refractivity (Wildman–Crippen MR) is 158 cm³/mol. The van der Waals surface area contributed by atoms with E-state index in [0.717, 1.165) is 76.2 Å². The maximum atomic E-state index is 9.79. The Morgan fingerprint density at radius 2 is 0.850 bits per heavy atom. The van der Waals surface area contributed by atoms with Gasteiger partial charge in [-0.05, 0) is 71.4 Å². The molecule has 0 saturated heterocycles. The van der Waals surface area contributed by atoms with Crippen LogP contribution in [0.2, 0.25) is 0 Å². The van der Waals surface area contributed by atoms with Crippen LogP contribution in [0.5, 0.6) is 0 Å². The lowest BCUT2D eigenvalue weighted by molar-refractivity contribution is 1.37. The standard InChI is InChI=1S/C34H12N6/c1-37-19-5-9-27-23(13-19)31-32-24-14-20(38-2)6-10-28(24)40-26-8-4-18(16-36)12-22(26)30(34(32)40)29-21-11-17(15-35)3-7-25(21)39(27)33(29)31/h3-14H. The van der Waals surface area contributed by atoms with Crippen LogP contribution in [0.3, 0.4) is 0 Å². The van der Waals surface area contributed by atoms with Crippen LogP contribution >= 0.6 is 0 Å². The molecule has 6 nitrogen and oxygen atoms in total. The molecule has 4 aromatic heterocycles.